The zero-order valence-corrected chi connectivity index (χ0v) is 20.8. The molecule has 7 nitrogen and oxygen atoms in total. The molecule has 0 fully saturated rings. The van der Waals surface area contributed by atoms with Gasteiger partial charge in [-0.15, -0.1) is 0 Å². The highest BCUT2D eigenvalue weighted by molar-refractivity contribution is 9.10. The fourth-order valence-electron chi connectivity index (χ4n) is 4.26. The van der Waals surface area contributed by atoms with Crippen molar-refractivity contribution >= 4 is 39.6 Å². The van der Waals surface area contributed by atoms with E-state index < -0.39 is 24.0 Å². The highest BCUT2D eigenvalue weighted by atomic mass is 79.9. The van der Waals surface area contributed by atoms with Crippen molar-refractivity contribution in [2.45, 2.75) is 25.8 Å². The third kappa shape index (κ3) is 5.22. The van der Waals surface area contributed by atoms with Crippen LogP contribution in [0.25, 0.3) is 11.1 Å². The first-order valence-corrected chi connectivity index (χ1v) is 12.0. The van der Waals surface area contributed by atoms with Gasteiger partial charge >= 0.3 is 12.1 Å². The van der Waals surface area contributed by atoms with Crippen LogP contribution in [-0.4, -0.2) is 35.7 Å². The molecule has 0 bridgehead atoms. The second-order valence-electron chi connectivity index (χ2n) is 8.68. The lowest BCUT2D eigenvalue weighted by molar-refractivity contribution is -0.119. The monoisotopic (exact) mass is 536 g/mol. The Kier molecular flexibility index (Phi) is 7.21. The number of halogens is 1. The number of anilines is 1. The van der Waals surface area contributed by atoms with E-state index in [1.165, 1.54) is 18.2 Å². The van der Waals surface area contributed by atoms with Crippen LogP contribution in [0, 0.1) is 5.92 Å². The number of benzene rings is 3. The summed E-state index contributed by atoms with van der Waals surface area (Å²) >= 11 is 3.28. The Morgan fingerprint density at radius 2 is 1.57 bits per heavy atom. The maximum Gasteiger partial charge on any atom is 0.407 e. The quantitative estimate of drug-likeness (QED) is 0.362. The Morgan fingerprint density at radius 1 is 0.971 bits per heavy atom. The first-order chi connectivity index (χ1) is 16.8. The minimum absolute atomic E-state index is 0.0804. The zero-order valence-electron chi connectivity index (χ0n) is 19.2. The van der Waals surface area contributed by atoms with Gasteiger partial charge < -0.3 is 20.5 Å². The fourth-order valence-corrected chi connectivity index (χ4v) is 4.74. The number of fused-ring (bicyclic) bond motifs is 3. The van der Waals surface area contributed by atoms with Crippen molar-refractivity contribution in [3.05, 3.63) is 87.9 Å². The van der Waals surface area contributed by atoms with Crippen molar-refractivity contribution < 1.29 is 24.2 Å². The molecule has 3 aromatic rings. The van der Waals surface area contributed by atoms with Gasteiger partial charge in [0.05, 0.1) is 11.3 Å². The molecule has 0 spiro atoms. The Labute approximate surface area is 211 Å². The van der Waals surface area contributed by atoms with Gasteiger partial charge in [0, 0.05) is 10.4 Å². The highest BCUT2D eigenvalue weighted by Crippen LogP contribution is 2.44. The SMILES string of the molecule is CC(C)[C@H](NC(=O)OCC1c2ccccc2-c2ccccc21)C(=O)Nc1ccc(C(=O)O)cc1Br. The molecule has 35 heavy (non-hydrogen) atoms. The summed E-state index contributed by atoms with van der Waals surface area (Å²) in [7, 11) is 0. The van der Waals surface area contributed by atoms with Crippen molar-refractivity contribution in [3.63, 3.8) is 0 Å². The fraction of sp³-hybridized carbons (Fsp3) is 0.222. The summed E-state index contributed by atoms with van der Waals surface area (Å²) in [6.45, 7) is 3.78. The molecule has 0 radical (unpaired) electrons. The number of rotatable bonds is 7. The van der Waals surface area contributed by atoms with Crippen LogP contribution in [-0.2, 0) is 9.53 Å². The molecule has 1 atom stereocenters. The number of alkyl carbamates (subject to hydrolysis) is 1. The number of carboxylic acids is 1. The first-order valence-electron chi connectivity index (χ1n) is 11.2. The number of carbonyl (C=O) groups excluding carboxylic acids is 2. The summed E-state index contributed by atoms with van der Waals surface area (Å²) in [4.78, 5) is 36.8. The smallest absolute Gasteiger partial charge is 0.407 e. The highest BCUT2D eigenvalue weighted by Gasteiger charge is 2.30. The second kappa shape index (κ2) is 10.3. The van der Waals surface area contributed by atoms with Crippen molar-refractivity contribution in [1.29, 1.82) is 0 Å². The van der Waals surface area contributed by atoms with Crippen LogP contribution in [0.4, 0.5) is 10.5 Å². The van der Waals surface area contributed by atoms with E-state index in [9.17, 15) is 14.4 Å². The largest absolute Gasteiger partial charge is 0.478 e. The number of carbonyl (C=O) groups is 3. The normalized spacial score (nSPS) is 13.0. The summed E-state index contributed by atoms with van der Waals surface area (Å²) < 4.78 is 6.01. The predicted octanol–water partition coefficient (Wildman–Crippen LogP) is 5.65. The van der Waals surface area contributed by atoms with Crippen LogP contribution in [0.3, 0.4) is 0 Å². The van der Waals surface area contributed by atoms with E-state index in [1.807, 2.05) is 50.2 Å². The number of carboxylic acid groups (broad SMARTS) is 1. The van der Waals surface area contributed by atoms with Gasteiger partial charge in [-0.1, -0.05) is 62.4 Å². The average molecular weight is 537 g/mol. The van der Waals surface area contributed by atoms with Crippen LogP contribution in [0.1, 0.15) is 41.3 Å². The molecule has 4 rings (SSSR count). The molecular formula is C27H25BrN2O5. The molecule has 8 heteroatoms. The van der Waals surface area contributed by atoms with E-state index in [1.54, 1.807) is 0 Å². The van der Waals surface area contributed by atoms with Crippen LogP contribution in [0.15, 0.2) is 71.2 Å². The zero-order chi connectivity index (χ0) is 25.1. The summed E-state index contributed by atoms with van der Waals surface area (Å²) in [5.74, 6) is -1.80. The van der Waals surface area contributed by atoms with Crippen LogP contribution >= 0.6 is 15.9 Å². The molecule has 0 saturated carbocycles. The predicted molar refractivity (Wildman–Crippen MR) is 137 cm³/mol. The molecule has 0 saturated heterocycles. The number of aromatic carboxylic acids is 1. The maximum atomic E-state index is 12.9. The van der Waals surface area contributed by atoms with Gasteiger partial charge in [-0.25, -0.2) is 9.59 Å². The number of hydrogen-bond donors (Lipinski definition) is 3. The molecule has 2 amide bonds. The molecule has 3 N–H and O–H groups in total. The number of amides is 2. The second-order valence-corrected chi connectivity index (χ2v) is 9.53. The molecule has 180 valence electrons. The summed E-state index contributed by atoms with van der Waals surface area (Å²) in [5.41, 5.74) is 4.97. The van der Waals surface area contributed by atoms with Crippen molar-refractivity contribution in [3.8, 4) is 11.1 Å². The van der Waals surface area contributed by atoms with Gasteiger partial charge in [-0.3, -0.25) is 4.79 Å². The third-order valence-electron chi connectivity index (χ3n) is 6.04. The first kappa shape index (κ1) is 24.5. The summed E-state index contributed by atoms with van der Waals surface area (Å²) in [6.07, 6.45) is -0.680. The molecule has 0 aliphatic heterocycles. The molecule has 0 heterocycles. The van der Waals surface area contributed by atoms with Crippen molar-refractivity contribution in [2.75, 3.05) is 11.9 Å². The molecule has 0 aromatic heterocycles. The molecular weight excluding hydrogens is 512 g/mol. The van der Waals surface area contributed by atoms with E-state index in [4.69, 9.17) is 9.84 Å². The molecule has 1 aliphatic carbocycles. The Balaban J connectivity index is 1.42. The Morgan fingerprint density at radius 3 is 2.11 bits per heavy atom. The Hall–Kier alpha value is -3.65. The van der Waals surface area contributed by atoms with Crippen molar-refractivity contribution in [2.24, 2.45) is 5.92 Å². The van der Waals surface area contributed by atoms with Gasteiger partial charge in [-0.2, -0.15) is 0 Å². The Bertz CT molecular complexity index is 1240. The number of nitrogens with one attached hydrogen (secondary N) is 2. The van der Waals surface area contributed by atoms with E-state index >= 15 is 0 Å². The lowest BCUT2D eigenvalue weighted by Crippen LogP contribution is -2.47. The van der Waals surface area contributed by atoms with E-state index in [-0.39, 0.29) is 24.0 Å². The van der Waals surface area contributed by atoms with Gasteiger partial charge in [-0.05, 0) is 62.3 Å². The van der Waals surface area contributed by atoms with Gasteiger partial charge in [0.25, 0.3) is 0 Å². The van der Waals surface area contributed by atoms with Crippen LogP contribution in [0.5, 0.6) is 0 Å². The van der Waals surface area contributed by atoms with Gasteiger partial charge in [0.15, 0.2) is 0 Å². The summed E-state index contributed by atoms with van der Waals surface area (Å²) in [5, 5.41) is 14.5. The lowest BCUT2D eigenvalue weighted by Gasteiger charge is -2.22. The van der Waals surface area contributed by atoms with Gasteiger partial charge in [0.1, 0.15) is 12.6 Å². The van der Waals surface area contributed by atoms with E-state index in [2.05, 4.69) is 38.7 Å². The molecule has 0 unspecified atom stereocenters. The maximum absolute atomic E-state index is 12.9. The standard InChI is InChI=1S/C27H25BrN2O5/c1-15(2)24(25(31)29-23-12-11-16(26(32)33)13-22(23)28)30-27(34)35-14-21-19-9-5-3-7-17(19)18-8-4-6-10-20(18)21/h3-13,15,21,24H,14H2,1-2H3,(H,29,31)(H,30,34)(H,32,33)/t24-/m0/s1. The lowest BCUT2D eigenvalue weighted by atomic mass is 9.98. The van der Waals surface area contributed by atoms with Crippen LogP contribution in [0.2, 0.25) is 0 Å². The summed E-state index contributed by atoms with van der Waals surface area (Å²) in [6, 6.07) is 19.6. The van der Waals surface area contributed by atoms with Crippen molar-refractivity contribution in [1.82, 2.24) is 5.32 Å². The number of ether oxygens (including phenoxy) is 1. The molecule has 1 aliphatic rings. The van der Waals surface area contributed by atoms with E-state index in [0.29, 0.717) is 10.2 Å². The average Bonchev–Trinajstić information content (AvgIpc) is 3.15. The third-order valence-corrected chi connectivity index (χ3v) is 6.70. The topological polar surface area (TPSA) is 105 Å². The van der Waals surface area contributed by atoms with E-state index in [0.717, 1.165) is 22.3 Å². The minimum atomic E-state index is -1.07. The minimum Gasteiger partial charge on any atom is -0.478 e. The van der Waals surface area contributed by atoms with Gasteiger partial charge in [0.2, 0.25) is 5.91 Å². The number of hydrogen-bond acceptors (Lipinski definition) is 4. The van der Waals surface area contributed by atoms with Crippen LogP contribution < -0.4 is 10.6 Å². The molecule has 3 aromatic carbocycles.